The van der Waals surface area contributed by atoms with Crippen LogP contribution in [0.2, 0.25) is 0 Å². The van der Waals surface area contributed by atoms with Crippen molar-refractivity contribution in [1.82, 2.24) is 10.6 Å². The molecule has 0 aliphatic carbocycles. The predicted octanol–water partition coefficient (Wildman–Crippen LogP) is -0.448. The van der Waals surface area contributed by atoms with Crippen LogP contribution in [0.15, 0.2) is 24.0 Å². The van der Waals surface area contributed by atoms with Crippen molar-refractivity contribution in [2.45, 2.75) is 0 Å². The van der Waals surface area contributed by atoms with Gasteiger partial charge in [-0.2, -0.15) is 5.17 Å². The summed E-state index contributed by atoms with van der Waals surface area (Å²) in [6.45, 7) is 0.483. The second-order valence-corrected chi connectivity index (χ2v) is 1.71. The monoisotopic (exact) mass is 127 g/mol. The van der Waals surface area contributed by atoms with Gasteiger partial charge in [0.2, 0.25) is 0 Å². The number of nitrogens with zero attached hydrogens (tertiary/aromatic N) is 1. The van der Waals surface area contributed by atoms with Crippen LogP contribution >= 0.6 is 0 Å². The molecule has 1 aliphatic heterocycles. The second-order valence-electron chi connectivity index (χ2n) is 1.71. The van der Waals surface area contributed by atoms with Crippen molar-refractivity contribution in [3.8, 4) is 0 Å². The molecule has 1 aliphatic rings. The first-order chi connectivity index (χ1) is 4.33. The van der Waals surface area contributed by atoms with Crippen LogP contribution < -0.4 is 11.2 Å². The molecule has 0 bridgehead atoms. The Morgan fingerprint density at radius 3 is 3.00 bits per heavy atom. The lowest BCUT2D eigenvalue weighted by Gasteiger charge is -2.15. The molecule has 4 heteroatoms. The number of nitrogens with two attached hydrogens (primary N) is 1. The SMILES string of the molecule is NCC1=CNN(O)C=C1. The Bertz CT molecular complexity index is 152. The van der Waals surface area contributed by atoms with Gasteiger partial charge in [0.25, 0.3) is 0 Å². The third kappa shape index (κ3) is 1.45. The minimum absolute atomic E-state index is 0.483. The number of hydrazine groups is 1. The van der Waals surface area contributed by atoms with E-state index in [-0.39, 0.29) is 0 Å². The van der Waals surface area contributed by atoms with Crippen LogP contribution in [0.4, 0.5) is 0 Å². The van der Waals surface area contributed by atoms with E-state index in [1.165, 1.54) is 6.20 Å². The zero-order valence-corrected chi connectivity index (χ0v) is 4.91. The smallest absolute Gasteiger partial charge is 0.0519 e. The zero-order valence-electron chi connectivity index (χ0n) is 4.91. The molecule has 9 heavy (non-hydrogen) atoms. The molecule has 0 saturated heterocycles. The van der Waals surface area contributed by atoms with Crippen molar-refractivity contribution in [3.05, 3.63) is 24.0 Å². The van der Waals surface area contributed by atoms with Gasteiger partial charge in [-0.05, 0) is 11.6 Å². The van der Waals surface area contributed by atoms with E-state index in [0.717, 1.165) is 10.7 Å². The zero-order chi connectivity index (χ0) is 6.69. The summed E-state index contributed by atoms with van der Waals surface area (Å²) in [7, 11) is 0. The van der Waals surface area contributed by atoms with Crippen molar-refractivity contribution in [3.63, 3.8) is 0 Å². The first-order valence-corrected chi connectivity index (χ1v) is 2.64. The van der Waals surface area contributed by atoms with Crippen LogP contribution in [0, 0.1) is 0 Å². The number of rotatable bonds is 1. The van der Waals surface area contributed by atoms with Gasteiger partial charge in [-0.25, -0.2) is 0 Å². The van der Waals surface area contributed by atoms with Gasteiger partial charge in [-0.1, -0.05) is 0 Å². The van der Waals surface area contributed by atoms with E-state index in [0.29, 0.717) is 6.54 Å². The number of nitrogens with one attached hydrogen (secondary N) is 1. The number of hydroxylamine groups is 1. The topological polar surface area (TPSA) is 61.5 Å². The molecule has 50 valence electrons. The molecule has 0 spiro atoms. The third-order valence-electron chi connectivity index (χ3n) is 1.05. The van der Waals surface area contributed by atoms with Crippen LogP contribution in [0.5, 0.6) is 0 Å². The summed E-state index contributed by atoms with van der Waals surface area (Å²) in [6, 6.07) is 0. The molecule has 0 aromatic rings. The van der Waals surface area contributed by atoms with Crippen LogP contribution in [-0.2, 0) is 0 Å². The van der Waals surface area contributed by atoms with Crippen LogP contribution in [0.1, 0.15) is 0 Å². The third-order valence-corrected chi connectivity index (χ3v) is 1.05. The molecule has 1 heterocycles. The highest BCUT2D eigenvalue weighted by Crippen LogP contribution is 1.97. The lowest BCUT2D eigenvalue weighted by Crippen LogP contribution is -2.28. The van der Waals surface area contributed by atoms with Crippen molar-refractivity contribution in [2.24, 2.45) is 5.73 Å². The van der Waals surface area contributed by atoms with E-state index in [9.17, 15) is 0 Å². The minimum Gasteiger partial charge on any atom is -0.326 e. The summed E-state index contributed by atoms with van der Waals surface area (Å²) in [4.78, 5) is 0. The summed E-state index contributed by atoms with van der Waals surface area (Å²) in [5.41, 5.74) is 8.79. The fourth-order valence-corrected chi connectivity index (χ4v) is 0.533. The summed E-state index contributed by atoms with van der Waals surface area (Å²) in [6.07, 6.45) is 4.86. The summed E-state index contributed by atoms with van der Waals surface area (Å²) < 4.78 is 0. The van der Waals surface area contributed by atoms with E-state index in [1.54, 1.807) is 12.3 Å². The fraction of sp³-hybridized carbons (Fsp3) is 0.200. The Hall–Kier alpha value is -1.00. The van der Waals surface area contributed by atoms with Crippen molar-refractivity contribution >= 4 is 0 Å². The molecule has 0 radical (unpaired) electrons. The van der Waals surface area contributed by atoms with Gasteiger partial charge < -0.3 is 5.73 Å². The van der Waals surface area contributed by atoms with Crippen molar-refractivity contribution in [2.75, 3.05) is 6.54 Å². The quantitative estimate of drug-likeness (QED) is 0.446. The average Bonchev–Trinajstić information content (AvgIpc) is 1.90. The number of hydrogen-bond acceptors (Lipinski definition) is 4. The van der Waals surface area contributed by atoms with Gasteiger partial charge in [0.15, 0.2) is 0 Å². The Labute approximate surface area is 53.2 Å². The minimum atomic E-state index is 0.483. The molecule has 0 saturated carbocycles. The van der Waals surface area contributed by atoms with Crippen LogP contribution in [-0.4, -0.2) is 16.9 Å². The maximum Gasteiger partial charge on any atom is 0.0519 e. The van der Waals surface area contributed by atoms with Gasteiger partial charge >= 0.3 is 0 Å². The first-order valence-electron chi connectivity index (χ1n) is 2.64. The molecule has 0 amide bonds. The van der Waals surface area contributed by atoms with Crippen molar-refractivity contribution < 1.29 is 5.21 Å². The Morgan fingerprint density at radius 1 is 1.78 bits per heavy atom. The molecule has 1 rings (SSSR count). The van der Waals surface area contributed by atoms with Gasteiger partial charge in [-0.15, -0.1) is 0 Å². The van der Waals surface area contributed by atoms with Crippen LogP contribution in [0.25, 0.3) is 0 Å². The first kappa shape index (κ1) is 6.12. The van der Waals surface area contributed by atoms with E-state index in [1.807, 2.05) is 0 Å². The summed E-state index contributed by atoms with van der Waals surface area (Å²) >= 11 is 0. The Kier molecular flexibility index (Phi) is 1.72. The molecule has 4 nitrogen and oxygen atoms in total. The molecule has 0 aromatic heterocycles. The molecular weight excluding hydrogens is 118 g/mol. The largest absolute Gasteiger partial charge is 0.326 e. The van der Waals surface area contributed by atoms with E-state index in [2.05, 4.69) is 5.43 Å². The van der Waals surface area contributed by atoms with E-state index < -0.39 is 0 Å². The summed E-state index contributed by atoms with van der Waals surface area (Å²) in [5, 5.41) is 9.53. The number of hydrogen-bond donors (Lipinski definition) is 3. The standard InChI is InChI=1S/C5H9N3O/c6-3-5-1-2-8(9)7-4-5/h1-2,4,7,9H,3,6H2. The molecule has 0 atom stereocenters. The summed E-state index contributed by atoms with van der Waals surface area (Å²) in [5.74, 6) is 0. The van der Waals surface area contributed by atoms with Crippen molar-refractivity contribution in [1.29, 1.82) is 0 Å². The lowest BCUT2D eigenvalue weighted by atomic mass is 10.3. The van der Waals surface area contributed by atoms with E-state index in [4.69, 9.17) is 10.9 Å². The fourth-order valence-electron chi connectivity index (χ4n) is 0.533. The highest BCUT2D eigenvalue weighted by molar-refractivity contribution is 5.20. The normalized spacial score (nSPS) is 17.1. The molecule has 0 fully saturated rings. The Balaban J connectivity index is 2.52. The highest BCUT2D eigenvalue weighted by Gasteiger charge is 1.96. The maximum atomic E-state index is 8.67. The lowest BCUT2D eigenvalue weighted by molar-refractivity contribution is -0.0763. The predicted molar refractivity (Wildman–Crippen MR) is 33.0 cm³/mol. The second kappa shape index (κ2) is 2.52. The molecule has 0 aromatic carbocycles. The molecule has 0 unspecified atom stereocenters. The Morgan fingerprint density at radius 2 is 2.56 bits per heavy atom. The average molecular weight is 127 g/mol. The molecular formula is C5H9N3O. The van der Waals surface area contributed by atoms with E-state index >= 15 is 0 Å². The van der Waals surface area contributed by atoms with Gasteiger partial charge in [0.05, 0.1) is 6.20 Å². The maximum absolute atomic E-state index is 8.67. The molecule has 4 N–H and O–H groups in total. The van der Waals surface area contributed by atoms with Gasteiger partial charge in [0, 0.05) is 12.7 Å². The van der Waals surface area contributed by atoms with Gasteiger partial charge in [0.1, 0.15) is 0 Å². The highest BCUT2D eigenvalue weighted by atomic mass is 16.5. The van der Waals surface area contributed by atoms with Crippen LogP contribution in [0.3, 0.4) is 0 Å². The van der Waals surface area contributed by atoms with Gasteiger partial charge in [-0.3, -0.25) is 10.6 Å².